The Morgan fingerprint density at radius 3 is 2.24 bits per heavy atom. The van der Waals surface area contributed by atoms with Crippen molar-refractivity contribution in [2.45, 2.75) is 25.7 Å². The van der Waals surface area contributed by atoms with Gasteiger partial charge in [0.25, 0.3) is 21.6 Å². The van der Waals surface area contributed by atoms with Crippen LogP contribution in [0.25, 0.3) is 0 Å². The Hall–Kier alpha value is -4.05. The molecule has 1 amide bonds. The molecule has 0 aromatic heterocycles. The van der Waals surface area contributed by atoms with Gasteiger partial charge in [0.15, 0.2) is 0 Å². The fourth-order valence-electron chi connectivity index (χ4n) is 3.12. The number of carbonyl (C=O) groups excluding carboxylic acids is 1. The number of hydrazone groups is 1. The minimum absolute atomic E-state index is 0.0595. The number of nitrogens with one attached hydrogen (secondary N) is 1. The molecule has 34 heavy (non-hydrogen) atoms. The second-order valence-corrected chi connectivity index (χ2v) is 9.49. The summed E-state index contributed by atoms with van der Waals surface area (Å²) < 4.78 is 27.8. The lowest BCUT2D eigenvalue weighted by atomic mass is 10.1. The van der Waals surface area contributed by atoms with Gasteiger partial charge in [-0.05, 0) is 73.9 Å². The van der Waals surface area contributed by atoms with Crippen molar-refractivity contribution in [2.24, 2.45) is 5.10 Å². The van der Waals surface area contributed by atoms with Gasteiger partial charge in [-0.1, -0.05) is 24.3 Å². The molecule has 0 unspecified atom stereocenters. The number of amides is 1. The summed E-state index contributed by atoms with van der Waals surface area (Å²) in [5, 5.41) is 14.8. The Balaban J connectivity index is 1.85. The number of benzene rings is 3. The van der Waals surface area contributed by atoms with Crippen molar-refractivity contribution in [1.82, 2.24) is 5.43 Å². The van der Waals surface area contributed by atoms with Crippen LogP contribution < -0.4 is 9.73 Å². The van der Waals surface area contributed by atoms with Gasteiger partial charge in [-0.3, -0.25) is 19.2 Å². The van der Waals surface area contributed by atoms with Crippen LogP contribution in [0.1, 0.15) is 23.6 Å². The highest BCUT2D eigenvalue weighted by Gasteiger charge is 2.27. The van der Waals surface area contributed by atoms with Crippen molar-refractivity contribution in [2.75, 3.05) is 10.8 Å². The normalized spacial score (nSPS) is 11.7. The minimum Gasteiger partial charge on any atom is -0.271 e. The molecule has 0 fully saturated rings. The lowest BCUT2D eigenvalue weighted by Crippen LogP contribution is -2.39. The Morgan fingerprint density at radius 1 is 1.00 bits per heavy atom. The Labute approximate surface area is 197 Å². The third-order valence-corrected chi connectivity index (χ3v) is 7.03. The van der Waals surface area contributed by atoms with E-state index in [9.17, 15) is 23.3 Å². The van der Waals surface area contributed by atoms with E-state index in [0.717, 1.165) is 15.4 Å². The highest BCUT2D eigenvalue weighted by molar-refractivity contribution is 7.92. The molecule has 176 valence electrons. The van der Waals surface area contributed by atoms with Gasteiger partial charge in [0.05, 0.1) is 21.2 Å². The van der Waals surface area contributed by atoms with Crippen LogP contribution in [-0.4, -0.2) is 31.5 Å². The molecule has 9 nitrogen and oxygen atoms in total. The summed E-state index contributed by atoms with van der Waals surface area (Å²) in [5.74, 6) is -0.640. The number of nitro benzene ring substituents is 1. The second kappa shape index (κ2) is 10.3. The number of sulfonamides is 1. The number of hydrogen-bond donors (Lipinski definition) is 1. The Morgan fingerprint density at radius 2 is 1.65 bits per heavy atom. The molecule has 0 saturated carbocycles. The number of non-ortho nitro benzene ring substituents is 1. The monoisotopic (exact) mass is 480 g/mol. The summed E-state index contributed by atoms with van der Waals surface area (Å²) in [4.78, 5) is 23.1. The SMILES string of the molecule is C/C(=N/NC(=O)CN(c1ccc(C)c(C)c1)S(=O)(=O)c1ccccc1)c1ccc([N+](=O)[O-])cc1. The van der Waals surface area contributed by atoms with Crippen LogP contribution in [0.3, 0.4) is 0 Å². The van der Waals surface area contributed by atoms with E-state index in [1.807, 2.05) is 13.8 Å². The number of carbonyl (C=O) groups is 1. The van der Waals surface area contributed by atoms with E-state index in [2.05, 4.69) is 10.5 Å². The van der Waals surface area contributed by atoms with Crippen molar-refractivity contribution in [3.05, 3.63) is 99.6 Å². The molecular formula is C24H24N4O5S. The van der Waals surface area contributed by atoms with E-state index in [-0.39, 0.29) is 10.6 Å². The minimum atomic E-state index is -4.02. The maximum atomic E-state index is 13.4. The van der Waals surface area contributed by atoms with Crippen LogP contribution >= 0.6 is 0 Å². The summed E-state index contributed by atoms with van der Waals surface area (Å²) in [6.07, 6.45) is 0. The summed E-state index contributed by atoms with van der Waals surface area (Å²) >= 11 is 0. The third-order valence-electron chi connectivity index (χ3n) is 5.24. The zero-order valence-electron chi connectivity index (χ0n) is 18.9. The zero-order chi connectivity index (χ0) is 24.9. The van der Waals surface area contributed by atoms with Gasteiger partial charge in [0.2, 0.25) is 0 Å². The lowest BCUT2D eigenvalue weighted by molar-refractivity contribution is -0.384. The largest absolute Gasteiger partial charge is 0.271 e. The first kappa shape index (κ1) is 24.6. The molecule has 10 heteroatoms. The average molecular weight is 481 g/mol. The molecule has 0 saturated heterocycles. The summed E-state index contributed by atoms with van der Waals surface area (Å²) in [5.41, 5.74) is 5.55. The number of anilines is 1. The van der Waals surface area contributed by atoms with Gasteiger partial charge in [0.1, 0.15) is 6.54 Å². The molecule has 3 aromatic rings. The van der Waals surface area contributed by atoms with Crippen molar-refractivity contribution in [3.63, 3.8) is 0 Å². The Kier molecular flexibility index (Phi) is 7.42. The predicted molar refractivity (Wildman–Crippen MR) is 130 cm³/mol. The van der Waals surface area contributed by atoms with E-state index in [0.29, 0.717) is 17.0 Å². The second-order valence-electron chi connectivity index (χ2n) is 7.63. The first-order chi connectivity index (χ1) is 16.1. The topological polar surface area (TPSA) is 122 Å². The quantitative estimate of drug-likeness (QED) is 0.297. The number of aryl methyl sites for hydroxylation is 2. The smallest absolute Gasteiger partial charge is 0.269 e. The van der Waals surface area contributed by atoms with Gasteiger partial charge in [0, 0.05) is 12.1 Å². The number of rotatable bonds is 8. The van der Waals surface area contributed by atoms with Gasteiger partial charge >= 0.3 is 0 Å². The molecule has 0 heterocycles. The summed E-state index contributed by atoms with van der Waals surface area (Å²) in [7, 11) is -4.02. The molecule has 3 rings (SSSR count). The molecule has 0 aliphatic heterocycles. The van der Waals surface area contributed by atoms with Crippen molar-refractivity contribution in [1.29, 1.82) is 0 Å². The molecule has 0 radical (unpaired) electrons. The molecular weight excluding hydrogens is 456 g/mol. The third kappa shape index (κ3) is 5.65. The average Bonchev–Trinajstić information content (AvgIpc) is 2.83. The summed E-state index contributed by atoms with van der Waals surface area (Å²) in [6, 6.07) is 18.8. The summed E-state index contributed by atoms with van der Waals surface area (Å²) in [6.45, 7) is 4.92. The van der Waals surface area contributed by atoms with Gasteiger partial charge in [-0.25, -0.2) is 13.8 Å². The predicted octanol–water partition coefficient (Wildman–Crippen LogP) is 3.95. The van der Waals surface area contributed by atoms with E-state index >= 15 is 0 Å². The van der Waals surface area contributed by atoms with Crippen LogP contribution in [0.15, 0.2) is 82.8 Å². The molecule has 1 N–H and O–H groups in total. The van der Waals surface area contributed by atoms with Crippen LogP contribution in [0.5, 0.6) is 0 Å². The zero-order valence-corrected chi connectivity index (χ0v) is 19.7. The number of nitro groups is 1. The number of hydrogen-bond acceptors (Lipinski definition) is 6. The van der Waals surface area contributed by atoms with Crippen LogP contribution in [-0.2, 0) is 14.8 Å². The van der Waals surface area contributed by atoms with Crippen molar-refractivity contribution >= 4 is 33.0 Å². The van der Waals surface area contributed by atoms with Gasteiger partial charge in [-0.2, -0.15) is 5.10 Å². The first-order valence-corrected chi connectivity index (χ1v) is 11.8. The van der Waals surface area contributed by atoms with Gasteiger partial charge in [-0.15, -0.1) is 0 Å². The fraction of sp³-hybridized carbons (Fsp3) is 0.167. The van der Waals surface area contributed by atoms with E-state index in [4.69, 9.17) is 0 Å². The molecule has 0 aliphatic rings. The molecule has 0 bridgehead atoms. The highest BCUT2D eigenvalue weighted by Crippen LogP contribution is 2.25. The number of nitrogens with zero attached hydrogens (tertiary/aromatic N) is 3. The first-order valence-electron chi connectivity index (χ1n) is 10.3. The molecule has 0 spiro atoms. The van der Waals surface area contributed by atoms with E-state index in [1.165, 1.54) is 36.4 Å². The molecule has 0 aliphatic carbocycles. The fourth-order valence-corrected chi connectivity index (χ4v) is 4.55. The highest BCUT2D eigenvalue weighted by atomic mass is 32.2. The van der Waals surface area contributed by atoms with Crippen molar-refractivity contribution in [3.8, 4) is 0 Å². The van der Waals surface area contributed by atoms with Gasteiger partial charge < -0.3 is 0 Å². The maximum absolute atomic E-state index is 13.4. The van der Waals surface area contributed by atoms with E-state index in [1.54, 1.807) is 43.3 Å². The molecule has 0 atom stereocenters. The molecule has 3 aromatic carbocycles. The maximum Gasteiger partial charge on any atom is 0.269 e. The van der Waals surface area contributed by atoms with Crippen LogP contribution in [0.4, 0.5) is 11.4 Å². The van der Waals surface area contributed by atoms with Crippen LogP contribution in [0, 0.1) is 24.0 Å². The standard InChI is InChI=1S/C24H24N4O5S/c1-17-9-12-22(15-18(17)2)27(34(32,33)23-7-5-4-6-8-23)16-24(29)26-25-19(3)20-10-13-21(14-11-20)28(30)31/h4-15H,16H2,1-3H3,(H,26,29)/b25-19-. The van der Waals surface area contributed by atoms with E-state index < -0.39 is 27.4 Å². The van der Waals surface area contributed by atoms with Crippen LogP contribution in [0.2, 0.25) is 0 Å². The lowest BCUT2D eigenvalue weighted by Gasteiger charge is -2.24. The van der Waals surface area contributed by atoms with Crippen molar-refractivity contribution < 1.29 is 18.1 Å². The Bertz CT molecular complexity index is 1340.